The quantitative estimate of drug-likeness (QED) is 0.656. The van der Waals surface area contributed by atoms with Crippen molar-refractivity contribution in [2.24, 2.45) is 0 Å². The van der Waals surface area contributed by atoms with Gasteiger partial charge in [-0.1, -0.05) is 34.1 Å². The van der Waals surface area contributed by atoms with Crippen molar-refractivity contribution in [3.05, 3.63) is 68.2 Å². The number of nitro groups is 1. The van der Waals surface area contributed by atoms with Crippen LogP contribution in [0, 0.1) is 10.1 Å². The smallest absolute Gasteiger partial charge is 0.336 e. The number of carbonyl (C=O) groups is 1. The van der Waals surface area contributed by atoms with Crippen LogP contribution in [0.1, 0.15) is 15.9 Å². The second-order valence-corrected chi connectivity index (χ2v) is 5.07. The Labute approximate surface area is 128 Å². The van der Waals surface area contributed by atoms with Crippen molar-refractivity contribution in [1.29, 1.82) is 0 Å². The highest BCUT2D eigenvalue weighted by Gasteiger charge is 2.12. The third kappa shape index (κ3) is 3.79. The van der Waals surface area contributed by atoms with E-state index in [0.29, 0.717) is 10.0 Å². The number of hydrogen-bond acceptors (Lipinski definition) is 4. The van der Waals surface area contributed by atoms with Gasteiger partial charge in [0, 0.05) is 16.1 Å². The van der Waals surface area contributed by atoms with Gasteiger partial charge in [0.05, 0.1) is 16.6 Å². The third-order valence-corrected chi connectivity index (χ3v) is 3.17. The fraction of sp³-hybridized carbons (Fsp3) is 0.0714. The largest absolute Gasteiger partial charge is 0.489 e. The molecule has 2 rings (SSSR count). The zero-order valence-corrected chi connectivity index (χ0v) is 12.2. The monoisotopic (exact) mass is 351 g/mol. The molecular formula is C14H10BrNO5. The van der Waals surface area contributed by atoms with Crippen molar-refractivity contribution in [3.8, 4) is 5.75 Å². The van der Waals surface area contributed by atoms with Gasteiger partial charge in [-0.3, -0.25) is 10.1 Å². The van der Waals surface area contributed by atoms with Crippen molar-refractivity contribution in [3.63, 3.8) is 0 Å². The molecule has 0 saturated carbocycles. The number of nitro benzene ring substituents is 1. The van der Waals surface area contributed by atoms with Crippen LogP contribution >= 0.6 is 15.9 Å². The average Bonchev–Trinajstić information content (AvgIpc) is 2.44. The molecule has 6 nitrogen and oxygen atoms in total. The minimum absolute atomic E-state index is 0.0100. The molecule has 0 unspecified atom stereocenters. The summed E-state index contributed by atoms with van der Waals surface area (Å²) >= 11 is 3.17. The minimum atomic E-state index is -1.05. The van der Waals surface area contributed by atoms with Crippen molar-refractivity contribution in [1.82, 2.24) is 0 Å². The van der Waals surface area contributed by atoms with Crippen molar-refractivity contribution in [2.75, 3.05) is 0 Å². The summed E-state index contributed by atoms with van der Waals surface area (Å²) in [7, 11) is 0. The minimum Gasteiger partial charge on any atom is -0.489 e. The maximum atomic E-state index is 11.1. The van der Waals surface area contributed by atoms with Crippen LogP contribution in [0.5, 0.6) is 5.75 Å². The van der Waals surface area contributed by atoms with Gasteiger partial charge in [0.25, 0.3) is 5.69 Å². The van der Waals surface area contributed by atoms with Crippen LogP contribution in [0.15, 0.2) is 46.9 Å². The van der Waals surface area contributed by atoms with E-state index < -0.39 is 10.9 Å². The lowest BCUT2D eigenvalue weighted by molar-refractivity contribution is -0.385. The number of halogens is 1. The van der Waals surface area contributed by atoms with E-state index in [-0.39, 0.29) is 23.6 Å². The van der Waals surface area contributed by atoms with E-state index in [1.807, 2.05) is 0 Å². The number of non-ortho nitro benzene ring substituents is 1. The molecule has 0 aliphatic carbocycles. The summed E-state index contributed by atoms with van der Waals surface area (Å²) in [5, 5.41) is 19.8. The summed E-state index contributed by atoms with van der Waals surface area (Å²) in [5.74, 6) is -0.759. The molecule has 21 heavy (non-hydrogen) atoms. The van der Waals surface area contributed by atoms with Crippen LogP contribution in [0.2, 0.25) is 0 Å². The summed E-state index contributed by atoms with van der Waals surface area (Å²) in [5.41, 5.74) is 0.528. The van der Waals surface area contributed by atoms with Crippen molar-refractivity contribution < 1.29 is 19.6 Å². The first-order chi connectivity index (χ1) is 9.97. The van der Waals surface area contributed by atoms with Gasteiger partial charge in [-0.25, -0.2) is 4.79 Å². The Balaban J connectivity index is 2.21. The topological polar surface area (TPSA) is 89.7 Å². The molecule has 7 heteroatoms. The van der Waals surface area contributed by atoms with Gasteiger partial charge in [-0.2, -0.15) is 0 Å². The van der Waals surface area contributed by atoms with Crippen LogP contribution in [-0.2, 0) is 6.61 Å². The maximum absolute atomic E-state index is 11.1. The van der Waals surface area contributed by atoms with Gasteiger partial charge in [0.2, 0.25) is 0 Å². The Morgan fingerprint density at radius 1 is 1.29 bits per heavy atom. The molecule has 1 N–H and O–H groups in total. The molecule has 0 bridgehead atoms. The van der Waals surface area contributed by atoms with Gasteiger partial charge < -0.3 is 9.84 Å². The lowest BCUT2D eigenvalue weighted by atomic mass is 10.1. The zero-order valence-electron chi connectivity index (χ0n) is 10.7. The molecule has 0 radical (unpaired) electrons. The van der Waals surface area contributed by atoms with Gasteiger partial charge in [-0.15, -0.1) is 0 Å². The van der Waals surface area contributed by atoms with E-state index in [1.54, 1.807) is 24.3 Å². The highest BCUT2D eigenvalue weighted by Crippen LogP contribution is 2.27. The highest BCUT2D eigenvalue weighted by molar-refractivity contribution is 9.10. The summed E-state index contributed by atoms with van der Waals surface area (Å²) in [6, 6.07) is 10.7. The van der Waals surface area contributed by atoms with Crippen LogP contribution < -0.4 is 4.74 Å². The molecule has 0 aliphatic rings. The zero-order chi connectivity index (χ0) is 15.4. The maximum Gasteiger partial charge on any atom is 0.336 e. The molecule has 0 spiro atoms. The first-order valence-corrected chi connectivity index (χ1v) is 6.65. The number of carboxylic acids is 1. The third-order valence-electron chi connectivity index (χ3n) is 2.71. The van der Waals surface area contributed by atoms with Crippen LogP contribution in [0.3, 0.4) is 0 Å². The van der Waals surface area contributed by atoms with Gasteiger partial charge in [-0.05, 0) is 12.1 Å². The molecule has 2 aromatic rings. The van der Waals surface area contributed by atoms with E-state index in [4.69, 9.17) is 9.84 Å². The molecule has 0 amide bonds. The van der Waals surface area contributed by atoms with Crippen molar-refractivity contribution in [2.45, 2.75) is 6.61 Å². The van der Waals surface area contributed by atoms with Crippen molar-refractivity contribution >= 4 is 27.6 Å². The molecule has 2 aromatic carbocycles. The first-order valence-electron chi connectivity index (χ1n) is 5.86. The highest BCUT2D eigenvalue weighted by atomic mass is 79.9. The van der Waals surface area contributed by atoms with Gasteiger partial charge >= 0.3 is 5.97 Å². The Hall–Kier alpha value is -2.41. The Morgan fingerprint density at radius 3 is 2.67 bits per heavy atom. The van der Waals surface area contributed by atoms with E-state index in [2.05, 4.69) is 15.9 Å². The normalized spacial score (nSPS) is 10.1. The first kappa shape index (κ1) is 15.0. The van der Waals surface area contributed by atoms with Crippen LogP contribution in [0.4, 0.5) is 5.69 Å². The van der Waals surface area contributed by atoms with Crippen LogP contribution in [0.25, 0.3) is 0 Å². The number of benzene rings is 2. The predicted molar refractivity (Wildman–Crippen MR) is 78.5 cm³/mol. The second-order valence-electron chi connectivity index (χ2n) is 4.15. The Kier molecular flexibility index (Phi) is 4.54. The fourth-order valence-corrected chi connectivity index (χ4v) is 2.21. The molecule has 0 aliphatic heterocycles. The number of ether oxygens (including phenoxy) is 1. The number of hydrogen-bond donors (Lipinski definition) is 1. The number of rotatable bonds is 5. The van der Waals surface area contributed by atoms with Gasteiger partial charge in [0.1, 0.15) is 12.4 Å². The molecule has 0 saturated heterocycles. The summed E-state index contributed by atoms with van der Waals surface area (Å²) in [6.45, 7) is 0.0100. The standard InChI is InChI=1S/C14H10BrNO5/c15-10-5-11(16(19)20)7-12(6-10)21-8-9-3-1-2-4-13(9)14(17)18/h1-7H,8H2,(H,17,18). The van der Waals surface area contributed by atoms with E-state index in [9.17, 15) is 14.9 Å². The van der Waals surface area contributed by atoms with Crippen LogP contribution in [-0.4, -0.2) is 16.0 Å². The fourth-order valence-electron chi connectivity index (χ4n) is 1.75. The lowest BCUT2D eigenvalue weighted by Crippen LogP contribution is -2.05. The summed E-state index contributed by atoms with van der Waals surface area (Å²) in [6.07, 6.45) is 0. The van der Waals surface area contributed by atoms with E-state index >= 15 is 0 Å². The summed E-state index contributed by atoms with van der Waals surface area (Å²) in [4.78, 5) is 21.3. The Bertz CT molecular complexity index is 702. The number of aromatic carboxylic acids is 1. The molecule has 108 valence electrons. The molecule has 0 aromatic heterocycles. The molecule has 0 heterocycles. The second kappa shape index (κ2) is 6.36. The summed E-state index contributed by atoms with van der Waals surface area (Å²) < 4.78 is 5.97. The molecule has 0 atom stereocenters. The van der Waals surface area contributed by atoms with Gasteiger partial charge in [0.15, 0.2) is 0 Å². The predicted octanol–water partition coefficient (Wildman–Crippen LogP) is 3.63. The molecular weight excluding hydrogens is 342 g/mol. The molecule has 0 fully saturated rings. The Morgan fingerprint density at radius 2 is 2.00 bits per heavy atom. The van der Waals surface area contributed by atoms with E-state index in [1.165, 1.54) is 18.2 Å². The number of nitrogens with zero attached hydrogens (tertiary/aromatic N) is 1. The van der Waals surface area contributed by atoms with E-state index in [0.717, 1.165) is 0 Å². The number of carboxylic acid groups (broad SMARTS) is 1. The lowest BCUT2D eigenvalue weighted by Gasteiger charge is -2.09. The SMILES string of the molecule is O=C(O)c1ccccc1COc1cc(Br)cc([N+](=O)[O-])c1. The average molecular weight is 352 g/mol.